The van der Waals surface area contributed by atoms with Gasteiger partial charge in [0.05, 0.1) is 15.9 Å². The summed E-state index contributed by atoms with van der Waals surface area (Å²) in [5.74, 6) is 0.937. The van der Waals surface area contributed by atoms with Crippen LogP contribution in [-0.4, -0.2) is 15.6 Å². The maximum atomic E-state index is 11.0. The first kappa shape index (κ1) is 13.2. The van der Waals surface area contributed by atoms with Crippen LogP contribution in [-0.2, 0) is 0 Å². The summed E-state index contributed by atoms with van der Waals surface area (Å²) >= 11 is 0. The Hall–Kier alpha value is -2.77. The van der Waals surface area contributed by atoms with Gasteiger partial charge in [-0.05, 0) is 24.8 Å². The van der Waals surface area contributed by atoms with Crippen molar-refractivity contribution in [1.82, 2.24) is 0 Å². The number of anilines is 1. The zero-order chi connectivity index (χ0) is 15.0. The normalized spacial score (nSPS) is 24.5. The number of nitrogens with zero attached hydrogens (tertiary/aromatic N) is 3. The van der Waals surface area contributed by atoms with Crippen LogP contribution in [0.3, 0.4) is 0 Å². The molecular weight excluding hydrogens is 276 g/mol. The Balaban J connectivity index is 1.82. The maximum absolute atomic E-state index is 11.0. The molecule has 1 aromatic rings. The summed E-state index contributed by atoms with van der Waals surface area (Å²) in [6.07, 6.45) is 6.15. The molecule has 0 spiro atoms. The van der Waals surface area contributed by atoms with E-state index in [0.29, 0.717) is 11.8 Å². The summed E-state index contributed by atoms with van der Waals surface area (Å²) < 4.78 is 0. The Labute approximate surface area is 119 Å². The molecule has 0 amide bonds. The maximum Gasteiger partial charge on any atom is 0.301 e. The van der Waals surface area contributed by atoms with Crippen molar-refractivity contribution in [2.45, 2.75) is 12.8 Å². The van der Waals surface area contributed by atoms with Crippen LogP contribution >= 0.6 is 0 Å². The molecule has 1 fully saturated rings. The molecule has 8 heteroatoms. The summed E-state index contributed by atoms with van der Waals surface area (Å²) in [7, 11) is 0. The summed E-state index contributed by atoms with van der Waals surface area (Å²) in [5.41, 5.74) is 3.11. The van der Waals surface area contributed by atoms with Crippen molar-refractivity contribution in [3.8, 4) is 0 Å². The molecule has 8 nitrogen and oxygen atoms in total. The van der Waals surface area contributed by atoms with E-state index in [4.69, 9.17) is 0 Å². The summed E-state index contributed by atoms with van der Waals surface area (Å²) in [6.45, 7) is 0. The third kappa shape index (κ3) is 2.35. The second kappa shape index (κ2) is 4.97. The number of nitrogens with one attached hydrogen (secondary N) is 1. The van der Waals surface area contributed by atoms with Gasteiger partial charge in [0.2, 0.25) is 0 Å². The van der Waals surface area contributed by atoms with Crippen molar-refractivity contribution < 1.29 is 9.85 Å². The van der Waals surface area contributed by atoms with E-state index >= 15 is 0 Å². The van der Waals surface area contributed by atoms with Crippen molar-refractivity contribution in [1.29, 1.82) is 0 Å². The molecule has 1 aromatic carbocycles. The third-order valence-electron chi connectivity index (χ3n) is 3.86. The molecule has 2 atom stereocenters. The standard InChI is InChI=1S/C13H12N4O4/c18-16(19)9-4-5-11(13(7-9)17(20)21)14-15-12-6-8-2-1-3-10(8)12/h1,3-5,7-8,10,14H,2,6H2/b15-12-/t8-,10+/m0/s1. The number of fused-ring (bicyclic) bond motifs is 1. The SMILES string of the molecule is O=[N+]([O-])c1ccc(N/N=C2/C[C@@H]3CC=C[C@@H]23)c([N+](=O)[O-])c1. The molecule has 0 unspecified atom stereocenters. The first-order valence-electron chi connectivity index (χ1n) is 6.48. The number of non-ortho nitro benzene ring substituents is 1. The van der Waals surface area contributed by atoms with Gasteiger partial charge in [0, 0.05) is 17.7 Å². The van der Waals surface area contributed by atoms with Crippen LogP contribution in [0, 0.1) is 32.1 Å². The molecule has 0 bridgehead atoms. The van der Waals surface area contributed by atoms with Crippen LogP contribution in [0.5, 0.6) is 0 Å². The highest BCUT2D eigenvalue weighted by Gasteiger charge is 2.37. The summed E-state index contributed by atoms with van der Waals surface area (Å²) in [4.78, 5) is 20.3. The minimum absolute atomic E-state index is 0.156. The van der Waals surface area contributed by atoms with Gasteiger partial charge in [-0.25, -0.2) is 0 Å². The lowest BCUT2D eigenvalue weighted by Gasteiger charge is -2.31. The van der Waals surface area contributed by atoms with Crippen molar-refractivity contribution in [2.24, 2.45) is 16.9 Å². The van der Waals surface area contributed by atoms with Gasteiger partial charge >= 0.3 is 5.69 Å². The van der Waals surface area contributed by atoms with Crippen molar-refractivity contribution in [2.75, 3.05) is 5.43 Å². The van der Waals surface area contributed by atoms with E-state index < -0.39 is 9.85 Å². The van der Waals surface area contributed by atoms with E-state index in [9.17, 15) is 20.2 Å². The predicted octanol–water partition coefficient (Wildman–Crippen LogP) is 2.87. The Morgan fingerprint density at radius 3 is 2.71 bits per heavy atom. The van der Waals surface area contributed by atoms with Gasteiger partial charge in [0.1, 0.15) is 5.69 Å². The highest BCUT2D eigenvalue weighted by molar-refractivity contribution is 5.95. The Kier molecular flexibility index (Phi) is 3.13. The molecule has 2 aliphatic rings. The first-order chi connectivity index (χ1) is 10.1. The van der Waals surface area contributed by atoms with Crippen LogP contribution in [0.4, 0.5) is 17.1 Å². The Morgan fingerprint density at radius 2 is 2.05 bits per heavy atom. The van der Waals surface area contributed by atoms with Gasteiger partial charge in [0.25, 0.3) is 5.69 Å². The summed E-state index contributed by atoms with van der Waals surface area (Å²) in [5, 5.41) is 25.9. The molecule has 1 saturated carbocycles. The van der Waals surface area contributed by atoms with Crippen LogP contribution in [0.1, 0.15) is 12.8 Å². The van der Waals surface area contributed by atoms with E-state index in [1.807, 2.05) is 0 Å². The lowest BCUT2D eigenvalue weighted by atomic mass is 9.74. The smallest absolute Gasteiger partial charge is 0.272 e. The molecule has 21 heavy (non-hydrogen) atoms. The fourth-order valence-corrected chi connectivity index (χ4v) is 2.67. The molecule has 108 valence electrons. The molecular formula is C13H12N4O4. The molecule has 0 heterocycles. The predicted molar refractivity (Wildman–Crippen MR) is 76.2 cm³/mol. The topological polar surface area (TPSA) is 111 Å². The van der Waals surface area contributed by atoms with Crippen molar-refractivity contribution >= 4 is 22.8 Å². The molecule has 0 aliphatic heterocycles. The third-order valence-corrected chi connectivity index (χ3v) is 3.86. The highest BCUT2D eigenvalue weighted by atomic mass is 16.6. The number of rotatable bonds is 4. The number of hydrazone groups is 1. The van der Waals surface area contributed by atoms with Gasteiger partial charge in [-0.1, -0.05) is 12.2 Å². The van der Waals surface area contributed by atoms with Gasteiger partial charge in [-0.3, -0.25) is 25.7 Å². The zero-order valence-electron chi connectivity index (χ0n) is 10.9. The van der Waals surface area contributed by atoms with Crippen LogP contribution in [0.25, 0.3) is 0 Å². The fraction of sp³-hybridized carbons (Fsp3) is 0.308. The Morgan fingerprint density at radius 1 is 1.24 bits per heavy atom. The number of hydrogen-bond donors (Lipinski definition) is 1. The second-order valence-corrected chi connectivity index (χ2v) is 5.08. The monoisotopic (exact) mass is 288 g/mol. The number of nitro groups is 2. The lowest BCUT2D eigenvalue weighted by molar-refractivity contribution is -0.393. The number of nitro benzene ring substituents is 2. The van der Waals surface area contributed by atoms with Crippen molar-refractivity contribution in [3.63, 3.8) is 0 Å². The van der Waals surface area contributed by atoms with E-state index in [0.717, 1.165) is 24.6 Å². The largest absolute Gasteiger partial charge is 0.301 e. The van der Waals surface area contributed by atoms with Gasteiger partial charge in [0.15, 0.2) is 0 Å². The number of hydrogen-bond acceptors (Lipinski definition) is 6. The minimum Gasteiger partial charge on any atom is -0.272 e. The summed E-state index contributed by atoms with van der Waals surface area (Å²) in [6, 6.07) is 3.46. The second-order valence-electron chi connectivity index (χ2n) is 5.08. The number of allylic oxidation sites excluding steroid dienone is 2. The average Bonchev–Trinajstić information content (AvgIpc) is 2.80. The average molecular weight is 288 g/mol. The zero-order valence-corrected chi connectivity index (χ0v) is 10.9. The van der Waals surface area contributed by atoms with Crippen LogP contribution < -0.4 is 5.43 Å². The Bertz CT molecular complexity index is 683. The van der Waals surface area contributed by atoms with E-state index in [2.05, 4.69) is 22.7 Å². The van der Waals surface area contributed by atoms with E-state index in [1.165, 1.54) is 12.1 Å². The molecule has 0 saturated heterocycles. The van der Waals surface area contributed by atoms with Gasteiger partial charge < -0.3 is 0 Å². The van der Waals surface area contributed by atoms with Gasteiger partial charge in [-0.2, -0.15) is 5.10 Å². The van der Waals surface area contributed by atoms with Gasteiger partial charge in [-0.15, -0.1) is 0 Å². The van der Waals surface area contributed by atoms with Crippen molar-refractivity contribution in [3.05, 3.63) is 50.6 Å². The molecule has 2 aliphatic carbocycles. The molecule has 0 radical (unpaired) electrons. The van der Waals surface area contributed by atoms with E-state index in [1.54, 1.807) is 0 Å². The molecule has 1 N–H and O–H groups in total. The molecule has 3 rings (SSSR count). The van der Waals surface area contributed by atoms with E-state index in [-0.39, 0.29) is 17.1 Å². The molecule has 0 aromatic heterocycles. The lowest BCUT2D eigenvalue weighted by Crippen LogP contribution is -2.33. The minimum atomic E-state index is -0.664. The fourth-order valence-electron chi connectivity index (χ4n) is 2.67. The highest BCUT2D eigenvalue weighted by Crippen LogP contribution is 2.40. The van der Waals surface area contributed by atoms with Crippen LogP contribution in [0.2, 0.25) is 0 Å². The van der Waals surface area contributed by atoms with Crippen LogP contribution in [0.15, 0.2) is 35.5 Å². The first-order valence-corrected chi connectivity index (χ1v) is 6.48. The quantitative estimate of drug-likeness (QED) is 0.520. The number of benzene rings is 1.